The van der Waals surface area contributed by atoms with Crippen molar-refractivity contribution < 1.29 is 13.2 Å². The van der Waals surface area contributed by atoms with Crippen molar-refractivity contribution in [2.24, 2.45) is 5.92 Å². The Bertz CT molecular complexity index is 696. The number of carbonyl (C=O) groups excluding carboxylic acids is 1. The molecule has 2 aliphatic rings. The number of hydrogen-bond donors (Lipinski definition) is 1. The second-order valence-electron chi connectivity index (χ2n) is 7.08. The normalized spacial score (nSPS) is 25.5. The van der Waals surface area contributed by atoms with Gasteiger partial charge >= 0.3 is 0 Å². The van der Waals surface area contributed by atoms with Gasteiger partial charge in [0.05, 0.1) is 4.90 Å². The van der Waals surface area contributed by atoms with Gasteiger partial charge in [-0.2, -0.15) is 4.31 Å². The molecule has 1 saturated heterocycles. The molecule has 1 heterocycles. The van der Waals surface area contributed by atoms with Gasteiger partial charge in [-0.15, -0.1) is 0 Å². The van der Waals surface area contributed by atoms with Crippen molar-refractivity contribution in [1.82, 2.24) is 9.62 Å². The van der Waals surface area contributed by atoms with Gasteiger partial charge in [0.25, 0.3) is 5.91 Å². The maximum atomic E-state index is 12.6. The summed E-state index contributed by atoms with van der Waals surface area (Å²) in [6.45, 7) is 3.35. The summed E-state index contributed by atoms with van der Waals surface area (Å²) in [5.41, 5.74) is 0.425. The quantitative estimate of drug-likeness (QED) is 0.908. The van der Waals surface area contributed by atoms with E-state index in [0.717, 1.165) is 32.1 Å². The van der Waals surface area contributed by atoms with Crippen molar-refractivity contribution in [2.75, 3.05) is 13.1 Å². The van der Waals surface area contributed by atoms with Crippen LogP contribution in [0.3, 0.4) is 0 Å². The Kier molecular flexibility index (Phi) is 5.25. The first-order valence-corrected chi connectivity index (χ1v) is 10.3. The Balaban J connectivity index is 1.73. The number of carbonyl (C=O) groups is 1. The predicted octanol–water partition coefficient (Wildman–Crippen LogP) is 2.78. The lowest BCUT2D eigenvalue weighted by Crippen LogP contribution is -2.38. The molecule has 1 amide bonds. The van der Waals surface area contributed by atoms with Crippen molar-refractivity contribution in [1.29, 1.82) is 0 Å². The summed E-state index contributed by atoms with van der Waals surface area (Å²) in [5.74, 6) is 0.457. The number of sulfonamides is 1. The van der Waals surface area contributed by atoms with E-state index in [0.29, 0.717) is 24.6 Å². The minimum absolute atomic E-state index is 0.174. The van der Waals surface area contributed by atoms with Crippen LogP contribution in [0.25, 0.3) is 0 Å². The molecule has 6 heteroatoms. The van der Waals surface area contributed by atoms with Crippen molar-refractivity contribution in [3.05, 3.63) is 29.8 Å². The fraction of sp³-hybridized carbons (Fsp3) is 0.611. The van der Waals surface area contributed by atoms with Crippen LogP contribution < -0.4 is 5.32 Å². The summed E-state index contributed by atoms with van der Waals surface area (Å²) in [4.78, 5) is 12.7. The van der Waals surface area contributed by atoms with Gasteiger partial charge < -0.3 is 5.32 Å². The third-order valence-electron chi connectivity index (χ3n) is 5.07. The first kappa shape index (κ1) is 17.4. The van der Waals surface area contributed by atoms with Crippen LogP contribution in [0.1, 0.15) is 55.8 Å². The first-order valence-electron chi connectivity index (χ1n) is 8.88. The third-order valence-corrected chi connectivity index (χ3v) is 6.97. The Morgan fingerprint density at radius 1 is 1.17 bits per heavy atom. The molecule has 2 atom stereocenters. The molecule has 1 aliphatic heterocycles. The maximum Gasteiger partial charge on any atom is 0.251 e. The largest absolute Gasteiger partial charge is 0.349 e. The van der Waals surface area contributed by atoms with Crippen LogP contribution in [0.4, 0.5) is 0 Å². The van der Waals surface area contributed by atoms with Crippen molar-refractivity contribution in [3.63, 3.8) is 0 Å². The predicted molar refractivity (Wildman–Crippen MR) is 93.3 cm³/mol. The van der Waals surface area contributed by atoms with Crippen LogP contribution in [0.15, 0.2) is 29.2 Å². The lowest BCUT2D eigenvalue weighted by Gasteiger charge is -2.27. The van der Waals surface area contributed by atoms with E-state index in [1.54, 1.807) is 18.2 Å². The van der Waals surface area contributed by atoms with Gasteiger partial charge in [0.1, 0.15) is 0 Å². The average molecular weight is 350 g/mol. The molecule has 132 valence electrons. The molecule has 2 unspecified atom stereocenters. The molecule has 1 aromatic rings. The monoisotopic (exact) mass is 350 g/mol. The molecule has 1 N–H and O–H groups in total. The Morgan fingerprint density at radius 3 is 2.62 bits per heavy atom. The van der Waals surface area contributed by atoms with Crippen molar-refractivity contribution >= 4 is 15.9 Å². The van der Waals surface area contributed by atoms with Crippen LogP contribution >= 0.6 is 0 Å². The Hall–Kier alpha value is -1.40. The molecular formula is C18H26N2O3S. The van der Waals surface area contributed by atoms with Crippen LogP contribution in [-0.2, 0) is 10.0 Å². The van der Waals surface area contributed by atoms with Gasteiger partial charge in [-0.1, -0.05) is 25.8 Å². The van der Waals surface area contributed by atoms with E-state index in [2.05, 4.69) is 12.2 Å². The van der Waals surface area contributed by atoms with Crippen LogP contribution in [0.5, 0.6) is 0 Å². The SMILES string of the molecule is CC1CCCC(NC(=O)c2cccc(S(=O)(=O)N3CCCC3)c2)C1. The summed E-state index contributed by atoms with van der Waals surface area (Å²) in [6, 6.07) is 6.62. The highest BCUT2D eigenvalue weighted by Crippen LogP contribution is 2.24. The number of amides is 1. The topological polar surface area (TPSA) is 66.5 Å². The molecule has 2 fully saturated rings. The molecule has 5 nitrogen and oxygen atoms in total. The third kappa shape index (κ3) is 3.81. The van der Waals surface area contributed by atoms with Gasteiger partial charge in [0, 0.05) is 24.7 Å². The van der Waals surface area contributed by atoms with E-state index in [9.17, 15) is 13.2 Å². The molecular weight excluding hydrogens is 324 g/mol. The summed E-state index contributed by atoms with van der Waals surface area (Å²) in [7, 11) is -3.48. The molecule has 0 spiro atoms. The highest BCUT2D eigenvalue weighted by atomic mass is 32.2. The molecule has 0 aromatic heterocycles. The van der Waals surface area contributed by atoms with Gasteiger partial charge in [0.2, 0.25) is 10.0 Å². The summed E-state index contributed by atoms with van der Waals surface area (Å²) in [6.07, 6.45) is 6.16. The fourth-order valence-electron chi connectivity index (χ4n) is 3.71. The summed E-state index contributed by atoms with van der Waals surface area (Å²) < 4.78 is 26.8. The van der Waals surface area contributed by atoms with E-state index in [4.69, 9.17) is 0 Å². The first-order chi connectivity index (χ1) is 11.5. The standard InChI is InChI=1S/C18H26N2O3S/c1-14-6-4-8-16(12-14)19-18(21)15-7-5-9-17(13-15)24(22,23)20-10-2-3-11-20/h5,7,9,13-14,16H,2-4,6,8,10-12H2,1H3,(H,19,21). The van der Waals surface area contributed by atoms with E-state index >= 15 is 0 Å². The molecule has 3 rings (SSSR count). The molecule has 0 radical (unpaired) electrons. The zero-order valence-corrected chi connectivity index (χ0v) is 15.0. The number of hydrogen-bond acceptors (Lipinski definition) is 3. The van der Waals surface area contributed by atoms with Crippen molar-refractivity contribution in [3.8, 4) is 0 Å². The highest BCUT2D eigenvalue weighted by molar-refractivity contribution is 7.89. The van der Waals surface area contributed by atoms with Crippen LogP contribution in [-0.4, -0.2) is 37.8 Å². The molecule has 1 aliphatic carbocycles. The van der Waals surface area contributed by atoms with Crippen molar-refractivity contribution in [2.45, 2.75) is 56.4 Å². The van der Waals surface area contributed by atoms with E-state index in [-0.39, 0.29) is 16.8 Å². The number of rotatable bonds is 4. The van der Waals surface area contributed by atoms with E-state index in [1.807, 2.05) is 0 Å². The van der Waals surface area contributed by atoms with Gasteiger partial charge in [-0.05, 0) is 49.8 Å². The summed E-state index contributed by atoms with van der Waals surface area (Å²) >= 11 is 0. The second-order valence-corrected chi connectivity index (χ2v) is 9.02. The summed E-state index contributed by atoms with van der Waals surface area (Å²) in [5, 5.41) is 3.07. The smallest absolute Gasteiger partial charge is 0.251 e. The number of nitrogens with one attached hydrogen (secondary N) is 1. The Labute approximate surface area is 144 Å². The van der Waals surface area contributed by atoms with Crippen LogP contribution in [0.2, 0.25) is 0 Å². The second kappa shape index (κ2) is 7.23. The zero-order valence-electron chi connectivity index (χ0n) is 14.2. The van der Waals surface area contributed by atoms with Crippen LogP contribution in [0, 0.1) is 5.92 Å². The molecule has 1 saturated carbocycles. The van der Waals surface area contributed by atoms with E-state index < -0.39 is 10.0 Å². The van der Waals surface area contributed by atoms with Gasteiger partial charge in [0.15, 0.2) is 0 Å². The minimum Gasteiger partial charge on any atom is -0.349 e. The molecule has 0 bridgehead atoms. The lowest BCUT2D eigenvalue weighted by atomic mass is 9.87. The zero-order chi connectivity index (χ0) is 17.2. The Morgan fingerprint density at radius 2 is 1.92 bits per heavy atom. The molecule has 1 aromatic carbocycles. The lowest BCUT2D eigenvalue weighted by molar-refractivity contribution is 0.0921. The van der Waals surface area contributed by atoms with Gasteiger partial charge in [-0.3, -0.25) is 4.79 Å². The van der Waals surface area contributed by atoms with E-state index in [1.165, 1.54) is 16.8 Å². The highest BCUT2D eigenvalue weighted by Gasteiger charge is 2.28. The minimum atomic E-state index is -3.48. The number of benzene rings is 1. The molecule has 24 heavy (non-hydrogen) atoms. The average Bonchev–Trinajstić information content (AvgIpc) is 3.10. The maximum absolute atomic E-state index is 12.6. The van der Waals surface area contributed by atoms with Gasteiger partial charge in [-0.25, -0.2) is 8.42 Å². The number of nitrogens with zero attached hydrogens (tertiary/aromatic N) is 1. The fourth-order valence-corrected chi connectivity index (χ4v) is 5.27.